The number of aryl methyl sites for hydroxylation is 1. The standard InChI is InChI=1S/C23H22F9N5O/c1-4-19(38-3)18-6-5-15(21(24,25)26)9-14(18)12-37(20-33-35-36(2)34-20)11-13-7-16(22(27,28)29)10-17(8-13)23(30,31)32/h5-10,19H,4,11-12H2,1-3H3. The third-order valence-corrected chi connectivity index (χ3v) is 5.64. The molecule has 1 unspecified atom stereocenters. The Morgan fingerprint density at radius 3 is 1.87 bits per heavy atom. The lowest BCUT2D eigenvalue weighted by molar-refractivity contribution is -0.143. The molecular weight excluding hydrogens is 533 g/mol. The van der Waals surface area contributed by atoms with E-state index in [9.17, 15) is 39.5 Å². The van der Waals surface area contributed by atoms with Gasteiger partial charge < -0.3 is 9.64 Å². The van der Waals surface area contributed by atoms with Crippen LogP contribution in [0.25, 0.3) is 0 Å². The van der Waals surface area contributed by atoms with E-state index in [4.69, 9.17) is 4.74 Å². The SMILES string of the molecule is CCC(OC)c1ccc(C(F)(F)F)cc1CN(Cc1cc(C(F)(F)F)cc(C(F)(F)F)c1)c1nnn(C)n1. The molecule has 15 heteroatoms. The number of nitrogens with zero attached hydrogens (tertiary/aromatic N) is 5. The van der Waals surface area contributed by atoms with Crippen molar-refractivity contribution in [1.29, 1.82) is 0 Å². The van der Waals surface area contributed by atoms with Crippen molar-refractivity contribution in [2.24, 2.45) is 7.05 Å². The van der Waals surface area contributed by atoms with Crippen molar-refractivity contribution >= 4 is 5.95 Å². The fourth-order valence-corrected chi connectivity index (χ4v) is 3.88. The summed E-state index contributed by atoms with van der Waals surface area (Å²) in [6.07, 6.45) is -15.1. The average molecular weight is 555 g/mol. The summed E-state index contributed by atoms with van der Waals surface area (Å²) < 4.78 is 126. The molecule has 1 heterocycles. The van der Waals surface area contributed by atoms with Crippen LogP contribution in [0.2, 0.25) is 0 Å². The molecule has 38 heavy (non-hydrogen) atoms. The first kappa shape index (κ1) is 29.2. The van der Waals surface area contributed by atoms with Crippen LogP contribution in [0.1, 0.15) is 52.8 Å². The summed E-state index contributed by atoms with van der Waals surface area (Å²) in [5.41, 5.74) is -4.03. The van der Waals surface area contributed by atoms with Crippen LogP contribution < -0.4 is 4.90 Å². The van der Waals surface area contributed by atoms with Crippen molar-refractivity contribution in [2.75, 3.05) is 12.0 Å². The van der Waals surface area contributed by atoms with Crippen molar-refractivity contribution in [3.05, 3.63) is 69.8 Å². The molecule has 1 atom stereocenters. The lowest BCUT2D eigenvalue weighted by atomic mass is 9.97. The van der Waals surface area contributed by atoms with Crippen LogP contribution in [0.3, 0.4) is 0 Å². The molecule has 1 aromatic heterocycles. The molecule has 0 saturated heterocycles. The van der Waals surface area contributed by atoms with Crippen LogP contribution >= 0.6 is 0 Å². The average Bonchev–Trinajstić information content (AvgIpc) is 3.24. The maximum Gasteiger partial charge on any atom is 0.416 e. The largest absolute Gasteiger partial charge is 0.416 e. The summed E-state index contributed by atoms with van der Waals surface area (Å²) in [5.74, 6) is -0.215. The zero-order valence-corrected chi connectivity index (χ0v) is 20.2. The lowest BCUT2D eigenvalue weighted by Gasteiger charge is -2.26. The molecule has 3 aromatic rings. The number of hydrogen-bond donors (Lipinski definition) is 0. The second kappa shape index (κ2) is 10.8. The normalized spacial score (nSPS) is 13.6. The molecule has 0 bridgehead atoms. The highest BCUT2D eigenvalue weighted by atomic mass is 19.4. The monoisotopic (exact) mass is 555 g/mol. The van der Waals surface area contributed by atoms with Gasteiger partial charge in [0.2, 0.25) is 0 Å². The van der Waals surface area contributed by atoms with Gasteiger partial charge in [0, 0.05) is 20.2 Å². The van der Waals surface area contributed by atoms with E-state index in [0.717, 1.165) is 21.8 Å². The Morgan fingerprint density at radius 2 is 1.42 bits per heavy atom. The van der Waals surface area contributed by atoms with Gasteiger partial charge in [0.25, 0.3) is 5.95 Å². The molecule has 0 fully saturated rings. The summed E-state index contributed by atoms with van der Waals surface area (Å²) >= 11 is 0. The molecule has 208 valence electrons. The van der Waals surface area contributed by atoms with Gasteiger partial charge in [0.15, 0.2) is 0 Å². The Labute approximate surface area is 211 Å². The quantitative estimate of drug-likeness (QED) is 0.295. The zero-order valence-electron chi connectivity index (χ0n) is 20.2. The molecule has 0 N–H and O–H groups in total. The van der Waals surface area contributed by atoms with Gasteiger partial charge in [-0.05, 0) is 58.7 Å². The number of methoxy groups -OCH3 is 1. The molecule has 0 aliphatic rings. The molecule has 2 aromatic carbocycles. The predicted octanol–water partition coefficient (Wildman–Crippen LogP) is 6.57. The number of halogens is 9. The van der Waals surface area contributed by atoms with Crippen LogP contribution in [-0.2, 0) is 43.4 Å². The summed E-state index contributed by atoms with van der Waals surface area (Å²) in [6, 6.07) is 4.01. The van der Waals surface area contributed by atoms with E-state index in [0.29, 0.717) is 24.1 Å². The van der Waals surface area contributed by atoms with Gasteiger partial charge >= 0.3 is 18.5 Å². The van der Waals surface area contributed by atoms with Gasteiger partial charge in [-0.1, -0.05) is 18.1 Å². The van der Waals surface area contributed by atoms with Crippen LogP contribution in [0.4, 0.5) is 45.5 Å². The minimum absolute atomic E-state index is 0.0102. The third-order valence-electron chi connectivity index (χ3n) is 5.64. The Balaban J connectivity index is 2.14. The maximum atomic E-state index is 13.5. The van der Waals surface area contributed by atoms with E-state index in [1.165, 1.54) is 20.2 Å². The highest BCUT2D eigenvalue weighted by Crippen LogP contribution is 2.38. The predicted molar refractivity (Wildman–Crippen MR) is 117 cm³/mol. The van der Waals surface area contributed by atoms with Crippen LogP contribution in [0.15, 0.2) is 36.4 Å². The highest BCUT2D eigenvalue weighted by Gasteiger charge is 2.37. The fraction of sp³-hybridized carbons (Fsp3) is 0.435. The second-order valence-corrected chi connectivity index (χ2v) is 8.39. The number of tetrazole rings is 1. The first-order chi connectivity index (χ1) is 17.5. The maximum absolute atomic E-state index is 13.5. The molecule has 6 nitrogen and oxygen atoms in total. The molecule has 0 aliphatic heterocycles. The number of rotatable bonds is 8. The van der Waals surface area contributed by atoms with Crippen LogP contribution in [-0.4, -0.2) is 27.3 Å². The smallest absolute Gasteiger partial charge is 0.377 e. The third kappa shape index (κ3) is 6.94. The summed E-state index contributed by atoms with van der Waals surface area (Å²) in [5, 5.41) is 11.4. The first-order valence-electron chi connectivity index (χ1n) is 11.0. The van der Waals surface area contributed by atoms with E-state index in [1.54, 1.807) is 6.92 Å². The molecule has 0 aliphatic carbocycles. The molecule has 0 amide bonds. The van der Waals surface area contributed by atoms with Gasteiger partial charge in [-0.25, -0.2) is 0 Å². The van der Waals surface area contributed by atoms with E-state index < -0.39 is 60.0 Å². The van der Waals surface area contributed by atoms with Gasteiger partial charge in [-0.2, -0.15) is 44.3 Å². The lowest BCUT2D eigenvalue weighted by Crippen LogP contribution is -2.26. The molecular formula is C23H22F9N5O. The van der Waals surface area contributed by atoms with E-state index >= 15 is 0 Å². The Bertz CT molecular complexity index is 1220. The zero-order chi connectivity index (χ0) is 28.5. The first-order valence-corrected chi connectivity index (χ1v) is 11.0. The molecule has 0 radical (unpaired) electrons. The fourth-order valence-electron chi connectivity index (χ4n) is 3.88. The summed E-state index contributed by atoms with van der Waals surface area (Å²) in [6.45, 7) is 0.736. The van der Waals surface area contributed by atoms with Crippen molar-refractivity contribution in [2.45, 2.75) is 51.1 Å². The summed E-state index contributed by atoms with van der Waals surface area (Å²) in [4.78, 5) is 2.14. The minimum Gasteiger partial charge on any atom is -0.377 e. The number of hydrogen-bond acceptors (Lipinski definition) is 5. The number of ether oxygens (including phenoxy) is 1. The van der Waals surface area contributed by atoms with Gasteiger partial charge in [-0.15, -0.1) is 5.10 Å². The van der Waals surface area contributed by atoms with Crippen molar-refractivity contribution < 1.29 is 44.3 Å². The van der Waals surface area contributed by atoms with Crippen molar-refractivity contribution in [1.82, 2.24) is 20.2 Å². The second-order valence-electron chi connectivity index (χ2n) is 8.39. The minimum atomic E-state index is -5.08. The van der Waals surface area contributed by atoms with Crippen LogP contribution in [0.5, 0.6) is 0 Å². The number of aromatic nitrogens is 4. The van der Waals surface area contributed by atoms with Gasteiger partial charge in [0.05, 0.1) is 29.8 Å². The van der Waals surface area contributed by atoms with E-state index in [1.807, 2.05) is 0 Å². The molecule has 3 rings (SSSR count). The Kier molecular flexibility index (Phi) is 8.29. The number of anilines is 1. The van der Waals surface area contributed by atoms with Gasteiger partial charge in [-0.3, -0.25) is 0 Å². The molecule has 0 saturated carbocycles. The van der Waals surface area contributed by atoms with Crippen LogP contribution in [0, 0.1) is 0 Å². The highest BCUT2D eigenvalue weighted by molar-refractivity contribution is 5.41. The van der Waals surface area contributed by atoms with Crippen molar-refractivity contribution in [3.8, 4) is 0 Å². The molecule has 0 spiro atoms. The Hall–Kier alpha value is -3.36. The van der Waals surface area contributed by atoms with Crippen molar-refractivity contribution in [3.63, 3.8) is 0 Å². The van der Waals surface area contributed by atoms with E-state index in [-0.39, 0.29) is 17.6 Å². The summed E-state index contributed by atoms with van der Waals surface area (Å²) in [7, 11) is 2.73. The Morgan fingerprint density at radius 1 is 0.842 bits per heavy atom. The topological polar surface area (TPSA) is 56.1 Å². The van der Waals surface area contributed by atoms with Gasteiger partial charge in [0.1, 0.15) is 0 Å². The number of alkyl halides is 9. The number of benzene rings is 2. The van der Waals surface area contributed by atoms with E-state index in [2.05, 4.69) is 15.4 Å².